The Balaban J connectivity index is 1.88. The minimum absolute atomic E-state index is 0.0704. The van der Waals surface area contributed by atoms with Crippen LogP contribution in [0.25, 0.3) is 0 Å². The summed E-state index contributed by atoms with van der Waals surface area (Å²) in [4.78, 5) is 31.4. The van der Waals surface area contributed by atoms with Crippen molar-refractivity contribution in [1.29, 1.82) is 0 Å². The van der Waals surface area contributed by atoms with E-state index in [1.165, 1.54) is 23.6 Å². The predicted octanol–water partition coefficient (Wildman–Crippen LogP) is 2.44. The first kappa shape index (κ1) is 19.6. The highest BCUT2D eigenvalue weighted by molar-refractivity contribution is 7.12. The van der Waals surface area contributed by atoms with Crippen LogP contribution in [0.4, 0.5) is 0 Å². The molecule has 0 fully saturated rings. The van der Waals surface area contributed by atoms with Crippen LogP contribution in [-0.2, 0) is 11.3 Å². The van der Waals surface area contributed by atoms with E-state index in [0.29, 0.717) is 18.0 Å². The average Bonchev–Trinajstić information content (AvgIpc) is 3.25. The maximum atomic E-state index is 12.9. The maximum absolute atomic E-state index is 12.9. The van der Waals surface area contributed by atoms with Gasteiger partial charge < -0.3 is 16.4 Å². The third-order valence-electron chi connectivity index (χ3n) is 4.65. The van der Waals surface area contributed by atoms with Gasteiger partial charge in [-0.1, -0.05) is 30.3 Å². The van der Waals surface area contributed by atoms with Gasteiger partial charge in [0.2, 0.25) is 0 Å². The number of hydrogen-bond donors (Lipinski definition) is 2. The van der Waals surface area contributed by atoms with Gasteiger partial charge >= 0.3 is 0 Å². The molecule has 1 aliphatic heterocycles. The highest BCUT2D eigenvalue weighted by Crippen LogP contribution is 2.33. The van der Waals surface area contributed by atoms with E-state index in [-0.39, 0.29) is 23.3 Å². The SMILES string of the molecule is CN=CC(=CN)C1CN(C(=O)C(N)=CC(=O)c2cccs2)Cc2ccccc21. The molecule has 28 heavy (non-hydrogen) atoms. The Labute approximate surface area is 167 Å². The zero-order valence-corrected chi connectivity index (χ0v) is 16.4. The van der Waals surface area contributed by atoms with Crippen molar-refractivity contribution in [2.45, 2.75) is 12.5 Å². The fraction of sp³-hybridized carbons (Fsp3) is 0.190. The number of nitrogens with zero attached hydrogens (tertiary/aromatic N) is 2. The molecular formula is C21H22N4O2S. The van der Waals surface area contributed by atoms with Crippen molar-refractivity contribution < 1.29 is 9.59 Å². The summed E-state index contributed by atoms with van der Waals surface area (Å²) >= 11 is 1.31. The number of aliphatic imine (C=N–C) groups is 1. The molecule has 1 aliphatic rings. The molecule has 0 radical (unpaired) electrons. The van der Waals surface area contributed by atoms with Crippen molar-refractivity contribution in [3.63, 3.8) is 0 Å². The number of nitrogens with two attached hydrogens (primary N) is 2. The number of allylic oxidation sites excluding steroid dienone is 1. The Morgan fingerprint density at radius 2 is 2.04 bits per heavy atom. The Morgan fingerprint density at radius 1 is 1.25 bits per heavy atom. The van der Waals surface area contributed by atoms with Crippen molar-refractivity contribution in [2.24, 2.45) is 16.5 Å². The van der Waals surface area contributed by atoms with Crippen molar-refractivity contribution in [1.82, 2.24) is 4.90 Å². The summed E-state index contributed by atoms with van der Waals surface area (Å²) in [5.74, 6) is -0.743. The van der Waals surface area contributed by atoms with Crippen LogP contribution in [0.5, 0.6) is 0 Å². The minimum atomic E-state index is -0.366. The number of amides is 1. The molecule has 1 aromatic heterocycles. The normalized spacial score (nSPS) is 17.6. The van der Waals surface area contributed by atoms with E-state index in [9.17, 15) is 9.59 Å². The molecule has 2 aromatic rings. The number of rotatable bonds is 5. The van der Waals surface area contributed by atoms with Gasteiger partial charge in [-0.25, -0.2) is 0 Å². The van der Waals surface area contributed by atoms with E-state index >= 15 is 0 Å². The molecule has 7 heteroatoms. The van der Waals surface area contributed by atoms with E-state index in [1.807, 2.05) is 24.3 Å². The topological polar surface area (TPSA) is 102 Å². The fourth-order valence-corrected chi connectivity index (χ4v) is 3.96. The third-order valence-corrected chi connectivity index (χ3v) is 5.54. The molecule has 0 saturated heterocycles. The lowest BCUT2D eigenvalue weighted by Gasteiger charge is -2.35. The summed E-state index contributed by atoms with van der Waals surface area (Å²) in [6, 6.07) is 11.4. The molecule has 1 amide bonds. The lowest BCUT2D eigenvalue weighted by Crippen LogP contribution is -2.41. The first-order valence-electron chi connectivity index (χ1n) is 8.81. The van der Waals surface area contributed by atoms with Gasteiger partial charge in [0.15, 0.2) is 5.78 Å². The number of hydrogen-bond acceptors (Lipinski definition) is 6. The van der Waals surface area contributed by atoms with Gasteiger partial charge in [0.1, 0.15) is 5.70 Å². The number of ketones is 1. The molecule has 1 atom stereocenters. The van der Waals surface area contributed by atoms with Crippen LogP contribution in [0.2, 0.25) is 0 Å². The molecule has 3 rings (SSSR count). The predicted molar refractivity (Wildman–Crippen MR) is 112 cm³/mol. The Bertz CT molecular complexity index is 961. The van der Waals surface area contributed by atoms with Gasteiger partial charge in [0.05, 0.1) is 4.88 Å². The Kier molecular flexibility index (Phi) is 6.06. The molecule has 0 aliphatic carbocycles. The second-order valence-electron chi connectivity index (χ2n) is 6.43. The maximum Gasteiger partial charge on any atom is 0.270 e. The molecular weight excluding hydrogens is 372 g/mol. The molecule has 144 valence electrons. The summed E-state index contributed by atoms with van der Waals surface area (Å²) in [6.45, 7) is 0.834. The summed E-state index contributed by atoms with van der Waals surface area (Å²) in [6.07, 6.45) is 4.42. The molecule has 0 saturated carbocycles. The van der Waals surface area contributed by atoms with Crippen LogP contribution in [0.1, 0.15) is 26.7 Å². The average molecular weight is 395 g/mol. The number of thiophene rings is 1. The summed E-state index contributed by atoms with van der Waals surface area (Å²) in [5.41, 5.74) is 14.7. The van der Waals surface area contributed by atoms with Crippen LogP contribution in [-0.4, -0.2) is 36.4 Å². The molecule has 4 N–H and O–H groups in total. The highest BCUT2D eigenvalue weighted by Gasteiger charge is 2.30. The quantitative estimate of drug-likeness (QED) is 0.462. The molecule has 0 spiro atoms. The first-order chi connectivity index (χ1) is 13.5. The second-order valence-corrected chi connectivity index (χ2v) is 7.38. The first-order valence-corrected chi connectivity index (χ1v) is 9.69. The van der Waals surface area contributed by atoms with Crippen molar-refractivity contribution in [2.75, 3.05) is 13.6 Å². The molecule has 1 unspecified atom stereocenters. The van der Waals surface area contributed by atoms with Crippen LogP contribution < -0.4 is 11.5 Å². The van der Waals surface area contributed by atoms with E-state index in [0.717, 1.165) is 16.7 Å². The van der Waals surface area contributed by atoms with Crippen molar-refractivity contribution in [3.8, 4) is 0 Å². The third kappa shape index (κ3) is 4.04. The van der Waals surface area contributed by atoms with E-state index in [2.05, 4.69) is 4.99 Å². The second kappa shape index (κ2) is 8.67. The number of carbonyl (C=O) groups excluding carboxylic acids is 2. The van der Waals surface area contributed by atoms with Crippen molar-refractivity contribution >= 4 is 29.2 Å². The zero-order valence-electron chi connectivity index (χ0n) is 15.5. The smallest absolute Gasteiger partial charge is 0.270 e. The monoisotopic (exact) mass is 394 g/mol. The minimum Gasteiger partial charge on any atom is -0.404 e. The van der Waals surface area contributed by atoms with E-state index in [4.69, 9.17) is 11.5 Å². The van der Waals surface area contributed by atoms with Crippen LogP contribution >= 0.6 is 11.3 Å². The van der Waals surface area contributed by atoms with Gasteiger partial charge in [-0.05, 0) is 34.3 Å². The van der Waals surface area contributed by atoms with E-state index in [1.54, 1.807) is 35.7 Å². The van der Waals surface area contributed by atoms with Gasteiger partial charge in [0, 0.05) is 38.3 Å². The fourth-order valence-electron chi connectivity index (χ4n) is 3.32. The standard InChI is InChI=1S/C21H22N4O2S/c1-24-11-15(10-22)17-13-25(12-14-5-2-3-6-16(14)17)21(27)18(23)9-19(26)20-7-4-8-28-20/h2-11,17H,12-13,22-23H2,1H3. The summed E-state index contributed by atoms with van der Waals surface area (Å²) in [5, 5.41) is 1.81. The van der Waals surface area contributed by atoms with Crippen molar-refractivity contribution in [3.05, 3.63) is 81.3 Å². The molecule has 0 bridgehead atoms. The zero-order chi connectivity index (χ0) is 20.1. The summed E-state index contributed by atoms with van der Waals surface area (Å²) < 4.78 is 0. The molecule has 6 nitrogen and oxygen atoms in total. The Morgan fingerprint density at radius 3 is 2.71 bits per heavy atom. The van der Waals surface area contributed by atoms with Gasteiger partial charge in [0.25, 0.3) is 5.91 Å². The lowest BCUT2D eigenvalue weighted by molar-refractivity contribution is -0.128. The number of fused-ring (bicyclic) bond motifs is 1. The largest absolute Gasteiger partial charge is 0.404 e. The van der Waals surface area contributed by atoms with Crippen LogP contribution in [0.15, 0.2) is 70.3 Å². The van der Waals surface area contributed by atoms with Gasteiger partial charge in [-0.15, -0.1) is 11.3 Å². The highest BCUT2D eigenvalue weighted by atomic mass is 32.1. The molecule has 2 heterocycles. The van der Waals surface area contributed by atoms with Crippen LogP contribution in [0, 0.1) is 0 Å². The summed E-state index contributed by atoms with van der Waals surface area (Å²) in [7, 11) is 1.68. The lowest BCUT2D eigenvalue weighted by atomic mass is 9.85. The van der Waals surface area contributed by atoms with Gasteiger partial charge in [-0.2, -0.15) is 0 Å². The van der Waals surface area contributed by atoms with Gasteiger partial charge in [-0.3, -0.25) is 14.6 Å². The number of benzene rings is 1. The molecule has 1 aromatic carbocycles. The number of carbonyl (C=O) groups is 2. The Hall–Kier alpha value is -3.19. The van der Waals surface area contributed by atoms with E-state index < -0.39 is 0 Å². The van der Waals surface area contributed by atoms with Crippen LogP contribution in [0.3, 0.4) is 0 Å².